The first-order valence-electron chi connectivity index (χ1n) is 9.42. The first-order chi connectivity index (χ1) is 14.3. The third-order valence-electron chi connectivity index (χ3n) is 4.09. The van der Waals surface area contributed by atoms with Gasteiger partial charge in [0.25, 0.3) is 5.91 Å². The molecule has 0 aliphatic carbocycles. The van der Waals surface area contributed by atoms with E-state index < -0.39 is 0 Å². The number of carbonyl (C=O) groups excluding carboxylic acids is 1. The number of amides is 1. The molecule has 158 valence electrons. The van der Waals surface area contributed by atoms with Crippen molar-refractivity contribution < 1.29 is 14.3 Å². The highest BCUT2D eigenvalue weighted by Gasteiger charge is 2.33. The number of hydrogen-bond acceptors (Lipinski definition) is 5. The summed E-state index contributed by atoms with van der Waals surface area (Å²) in [7, 11) is 0. The monoisotopic (exact) mass is 481 g/mol. The zero-order valence-corrected chi connectivity index (χ0v) is 19.9. The summed E-state index contributed by atoms with van der Waals surface area (Å²) in [6.45, 7) is 7.21. The van der Waals surface area contributed by atoms with Crippen LogP contribution in [0, 0.1) is 5.92 Å². The molecule has 1 fully saturated rings. The number of anilines is 1. The molecule has 1 saturated heterocycles. The molecule has 2 aromatic carbocycles. The van der Waals surface area contributed by atoms with E-state index in [-0.39, 0.29) is 5.91 Å². The summed E-state index contributed by atoms with van der Waals surface area (Å²) in [5.74, 6) is 1.53. The van der Waals surface area contributed by atoms with E-state index in [4.69, 9.17) is 44.9 Å². The van der Waals surface area contributed by atoms with Crippen LogP contribution in [-0.4, -0.2) is 23.4 Å². The SMILES string of the molecule is CCOc1cc(/C=C2/SC(=S)N(c3ccc(Cl)c(Cl)c3)C2=O)ccc1OCC(C)C. The lowest BCUT2D eigenvalue weighted by Gasteiger charge is -2.15. The highest BCUT2D eigenvalue weighted by molar-refractivity contribution is 8.27. The molecule has 0 saturated carbocycles. The van der Waals surface area contributed by atoms with E-state index in [1.54, 1.807) is 24.3 Å². The van der Waals surface area contributed by atoms with Gasteiger partial charge in [0.05, 0.1) is 33.9 Å². The number of hydrogen-bond donors (Lipinski definition) is 0. The maximum Gasteiger partial charge on any atom is 0.270 e. The van der Waals surface area contributed by atoms with Crippen LogP contribution in [0.25, 0.3) is 6.08 Å². The molecule has 0 aromatic heterocycles. The van der Waals surface area contributed by atoms with Gasteiger partial charge in [-0.05, 0) is 54.8 Å². The van der Waals surface area contributed by atoms with E-state index in [9.17, 15) is 4.79 Å². The van der Waals surface area contributed by atoms with Crippen molar-refractivity contribution in [3.63, 3.8) is 0 Å². The van der Waals surface area contributed by atoms with Crippen molar-refractivity contribution in [2.24, 2.45) is 5.92 Å². The van der Waals surface area contributed by atoms with Crippen molar-refractivity contribution in [2.75, 3.05) is 18.1 Å². The number of rotatable bonds is 7. The summed E-state index contributed by atoms with van der Waals surface area (Å²) in [6.07, 6.45) is 1.80. The molecule has 0 spiro atoms. The number of halogens is 2. The Kier molecular flexibility index (Phi) is 7.69. The number of thioether (sulfide) groups is 1. The van der Waals surface area contributed by atoms with Gasteiger partial charge < -0.3 is 9.47 Å². The smallest absolute Gasteiger partial charge is 0.270 e. The average molecular weight is 482 g/mol. The topological polar surface area (TPSA) is 38.8 Å². The van der Waals surface area contributed by atoms with Crippen LogP contribution in [0.1, 0.15) is 26.3 Å². The van der Waals surface area contributed by atoms with E-state index in [0.717, 1.165) is 5.56 Å². The first kappa shape index (κ1) is 22.9. The van der Waals surface area contributed by atoms with Gasteiger partial charge in [0.2, 0.25) is 0 Å². The molecule has 0 N–H and O–H groups in total. The fraction of sp³-hybridized carbons (Fsp3) is 0.273. The number of nitrogens with zero attached hydrogens (tertiary/aromatic N) is 1. The Labute approximate surface area is 196 Å². The Hall–Kier alpha value is -1.73. The minimum Gasteiger partial charge on any atom is -0.490 e. The van der Waals surface area contributed by atoms with Crippen LogP contribution in [0.4, 0.5) is 5.69 Å². The number of thiocarbonyl (C=S) groups is 1. The molecule has 1 heterocycles. The summed E-state index contributed by atoms with van der Waals surface area (Å²) < 4.78 is 12.0. The van der Waals surface area contributed by atoms with Crippen LogP contribution in [0.15, 0.2) is 41.3 Å². The largest absolute Gasteiger partial charge is 0.490 e. The van der Waals surface area contributed by atoms with Crippen molar-refractivity contribution in [1.29, 1.82) is 0 Å². The third-order valence-corrected chi connectivity index (χ3v) is 6.13. The fourth-order valence-electron chi connectivity index (χ4n) is 2.72. The van der Waals surface area contributed by atoms with Crippen LogP contribution in [0.3, 0.4) is 0 Å². The molecule has 0 radical (unpaired) electrons. The van der Waals surface area contributed by atoms with Crippen molar-refractivity contribution in [3.8, 4) is 11.5 Å². The highest BCUT2D eigenvalue weighted by Crippen LogP contribution is 2.38. The molecule has 8 heteroatoms. The summed E-state index contributed by atoms with van der Waals surface area (Å²) in [5, 5.41) is 0.787. The summed E-state index contributed by atoms with van der Waals surface area (Å²) in [6, 6.07) is 10.6. The molecule has 4 nitrogen and oxygen atoms in total. The van der Waals surface area contributed by atoms with Gasteiger partial charge >= 0.3 is 0 Å². The quantitative estimate of drug-likeness (QED) is 0.319. The van der Waals surface area contributed by atoms with Crippen molar-refractivity contribution in [2.45, 2.75) is 20.8 Å². The Morgan fingerprint density at radius 2 is 1.87 bits per heavy atom. The number of carbonyl (C=O) groups is 1. The van der Waals surface area contributed by atoms with E-state index in [1.807, 2.05) is 25.1 Å². The zero-order valence-electron chi connectivity index (χ0n) is 16.8. The molecule has 1 amide bonds. The molecule has 0 bridgehead atoms. The van der Waals surface area contributed by atoms with Crippen molar-refractivity contribution in [3.05, 3.63) is 56.9 Å². The van der Waals surface area contributed by atoms with Crippen LogP contribution >= 0.6 is 47.2 Å². The van der Waals surface area contributed by atoms with Gasteiger partial charge in [-0.1, -0.05) is 67.1 Å². The van der Waals surface area contributed by atoms with Crippen molar-refractivity contribution in [1.82, 2.24) is 0 Å². The van der Waals surface area contributed by atoms with Gasteiger partial charge in [-0.15, -0.1) is 0 Å². The standard InChI is InChI=1S/C22H21Cl2NO3S2/c1-4-27-19-9-14(5-8-18(19)28-12-13(2)3)10-20-21(26)25(22(29)30-20)15-6-7-16(23)17(24)11-15/h5-11,13H,4,12H2,1-3H3/b20-10+. The second-order valence-electron chi connectivity index (χ2n) is 6.96. The normalized spacial score (nSPS) is 15.4. The van der Waals surface area contributed by atoms with Gasteiger partial charge in [0, 0.05) is 0 Å². The maximum atomic E-state index is 13.0. The average Bonchev–Trinajstić information content (AvgIpc) is 2.97. The van der Waals surface area contributed by atoms with Crippen LogP contribution < -0.4 is 14.4 Å². The van der Waals surface area contributed by atoms with Crippen LogP contribution in [0.2, 0.25) is 10.0 Å². The summed E-state index contributed by atoms with van der Waals surface area (Å²) >= 11 is 18.7. The molecular weight excluding hydrogens is 461 g/mol. The van der Waals surface area contributed by atoms with Crippen LogP contribution in [0.5, 0.6) is 11.5 Å². The maximum absolute atomic E-state index is 13.0. The predicted molar refractivity (Wildman–Crippen MR) is 130 cm³/mol. The lowest BCUT2D eigenvalue weighted by molar-refractivity contribution is -0.113. The highest BCUT2D eigenvalue weighted by atomic mass is 35.5. The second-order valence-corrected chi connectivity index (χ2v) is 9.45. The molecular formula is C22H21Cl2NO3S2. The number of benzene rings is 2. The molecule has 0 unspecified atom stereocenters. The fourth-order valence-corrected chi connectivity index (χ4v) is 4.32. The Balaban J connectivity index is 1.87. The van der Waals surface area contributed by atoms with Gasteiger partial charge in [-0.2, -0.15) is 0 Å². The Morgan fingerprint density at radius 3 is 2.53 bits per heavy atom. The molecule has 1 aliphatic rings. The molecule has 2 aromatic rings. The molecule has 30 heavy (non-hydrogen) atoms. The zero-order chi connectivity index (χ0) is 21.8. The lowest BCUT2D eigenvalue weighted by atomic mass is 10.1. The predicted octanol–water partition coefficient (Wildman–Crippen LogP) is 6.83. The van der Waals surface area contributed by atoms with E-state index in [0.29, 0.717) is 55.6 Å². The van der Waals surface area contributed by atoms with E-state index in [2.05, 4.69) is 13.8 Å². The summed E-state index contributed by atoms with van der Waals surface area (Å²) in [4.78, 5) is 15.0. The number of ether oxygens (including phenoxy) is 2. The van der Waals surface area contributed by atoms with E-state index in [1.165, 1.54) is 16.7 Å². The summed E-state index contributed by atoms with van der Waals surface area (Å²) in [5.41, 5.74) is 1.41. The Morgan fingerprint density at radius 1 is 1.10 bits per heavy atom. The van der Waals surface area contributed by atoms with Gasteiger partial charge in [-0.3, -0.25) is 9.69 Å². The van der Waals surface area contributed by atoms with Crippen molar-refractivity contribution >= 4 is 69.2 Å². The minimum absolute atomic E-state index is 0.207. The molecule has 0 atom stereocenters. The molecule has 1 aliphatic heterocycles. The molecule has 3 rings (SSSR count). The lowest BCUT2D eigenvalue weighted by Crippen LogP contribution is -2.27. The van der Waals surface area contributed by atoms with Gasteiger partial charge in [-0.25, -0.2) is 0 Å². The Bertz CT molecular complexity index is 1010. The van der Waals surface area contributed by atoms with Crippen LogP contribution in [-0.2, 0) is 4.79 Å². The second kappa shape index (κ2) is 10.1. The van der Waals surface area contributed by atoms with E-state index >= 15 is 0 Å². The van der Waals surface area contributed by atoms with Gasteiger partial charge in [0.15, 0.2) is 15.8 Å². The minimum atomic E-state index is -0.207. The third kappa shape index (κ3) is 5.30. The van der Waals surface area contributed by atoms with Gasteiger partial charge in [0.1, 0.15) is 0 Å². The first-order valence-corrected chi connectivity index (χ1v) is 11.4.